The Bertz CT molecular complexity index is 1100. The Morgan fingerprint density at radius 3 is 2.18 bits per heavy atom. The Morgan fingerprint density at radius 2 is 1.48 bits per heavy atom. The van der Waals surface area contributed by atoms with E-state index in [1.54, 1.807) is 48.5 Å². The average Bonchev–Trinajstić information content (AvgIpc) is 2.82. The van der Waals surface area contributed by atoms with Gasteiger partial charge in [-0.25, -0.2) is 0 Å². The van der Waals surface area contributed by atoms with Crippen LogP contribution in [0.3, 0.4) is 0 Å². The summed E-state index contributed by atoms with van der Waals surface area (Å²) in [5.74, 6) is -0.599. The van der Waals surface area contributed by atoms with Crippen molar-refractivity contribution in [2.45, 2.75) is 26.4 Å². The van der Waals surface area contributed by atoms with Crippen LogP contribution in [0.4, 0.5) is 11.4 Å². The molecule has 0 aliphatic carbocycles. The quantitative estimate of drug-likeness (QED) is 0.403. The van der Waals surface area contributed by atoms with E-state index >= 15 is 0 Å². The molecule has 0 fully saturated rings. The lowest BCUT2D eigenvalue weighted by Crippen LogP contribution is -2.30. The zero-order valence-corrected chi connectivity index (χ0v) is 18.7. The number of hydrogen-bond donors (Lipinski definition) is 4. The van der Waals surface area contributed by atoms with Gasteiger partial charge in [-0.15, -0.1) is 0 Å². The monoisotopic (exact) mass is 444 g/mol. The molecule has 3 rings (SSSR count). The third-order valence-electron chi connectivity index (χ3n) is 4.72. The van der Waals surface area contributed by atoms with Gasteiger partial charge in [0.05, 0.1) is 6.54 Å². The Labute approximate surface area is 193 Å². The smallest absolute Gasteiger partial charge is 0.251 e. The Morgan fingerprint density at radius 1 is 0.758 bits per heavy atom. The molecule has 3 aromatic rings. The van der Waals surface area contributed by atoms with Crippen molar-refractivity contribution < 1.29 is 14.4 Å². The van der Waals surface area contributed by atoms with E-state index in [0.717, 1.165) is 11.3 Å². The van der Waals surface area contributed by atoms with Gasteiger partial charge < -0.3 is 21.3 Å². The van der Waals surface area contributed by atoms with Crippen molar-refractivity contribution >= 4 is 29.1 Å². The van der Waals surface area contributed by atoms with E-state index in [1.807, 2.05) is 44.2 Å². The van der Waals surface area contributed by atoms with Crippen LogP contribution in [0, 0.1) is 0 Å². The molecule has 3 amide bonds. The van der Waals surface area contributed by atoms with Gasteiger partial charge in [0.25, 0.3) is 11.8 Å². The largest absolute Gasteiger partial charge is 0.376 e. The summed E-state index contributed by atoms with van der Waals surface area (Å²) in [5, 5.41) is 11.5. The fraction of sp³-hybridized carbons (Fsp3) is 0.192. The third-order valence-corrected chi connectivity index (χ3v) is 4.72. The molecule has 0 saturated carbocycles. The van der Waals surface area contributed by atoms with Gasteiger partial charge in [0.15, 0.2) is 0 Å². The first kappa shape index (κ1) is 23.5. The molecule has 0 spiro atoms. The zero-order chi connectivity index (χ0) is 23.6. The third kappa shape index (κ3) is 7.50. The second-order valence-electron chi connectivity index (χ2n) is 7.86. The maximum Gasteiger partial charge on any atom is 0.251 e. The lowest BCUT2D eigenvalue weighted by Gasteiger charge is -2.11. The van der Waals surface area contributed by atoms with Crippen molar-refractivity contribution in [3.63, 3.8) is 0 Å². The summed E-state index contributed by atoms with van der Waals surface area (Å²) >= 11 is 0. The van der Waals surface area contributed by atoms with Crippen LogP contribution >= 0.6 is 0 Å². The lowest BCUT2D eigenvalue weighted by atomic mass is 10.1. The van der Waals surface area contributed by atoms with E-state index in [9.17, 15) is 14.4 Å². The molecule has 7 nitrogen and oxygen atoms in total. The standard InChI is InChI=1S/C26H28N4O3/c1-18(2)29-26(33)21-9-6-10-23(15-21)30-24(31)17-27-22-13-11-20(12-14-22)25(32)28-16-19-7-4-3-5-8-19/h3-15,18,27H,16-17H2,1-2H3,(H,28,32)(H,29,33)(H,30,31). The van der Waals surface area contributed by atoms with Gasteiger partial charge in [0.1, 0.15) is 0 Å². The molecule has 33 heavy (non-hydrogen) atoms. The van der Waals surface area contributed by atoms with E-state index in [4.69, 9.17) is 0 Å². The topological polar surface area (TPSA) is 99.3 Å². The molecule has 0 radical (unpaired) electrons. The van der Waals surface area contributed by atoms with Crippen LogP contribution in [0.1, 0.15) is 40.1 Å². The van der Waals surface area contributed by atoms with Gasteiger partial charge >= 0.3 is 0 Å². The van der Waals surface area contributed by atoms with Crippen molar-refractivity contribution in [1.29, 1.82) is 0 Å². The van der Waals surface area contributed by atoms with Crippen molar-refractivity contribution in [3.8, 4) is 0 Å². The minimum atomic E-state index is -0.249. The van der Waals surface area contributed by atoms with Crippen LogP contribution in [-0.4, -0.2) is 30.3 Å². The first-order valence-electron chi connectivity index (χ1n) is 10.8. The van der Waals surface area contributed by atoms with Gasteiger partial charge in [-0.05, 0) is 61.9 Å². The molecular weight excluding hydrogens is 416 g/mol. The van der Waals surface area contributed by atoms with Gasteiger partial charge in [-0.2, -0.15) is 0 Å². The number of hydrogen-bond acceptors (Lipinski definition) is 4. The van der Waals surface area contributed by atoms with Crippen LogP contribution < -0.4 is 21.3 Å². The number of nitrogens with one attached hydrogen (secondary N) is 4. The Kier molecular flexibility index (Phi) is 8.18. The van der Waals surface area contributed by atoms with Crippen LogP contribution in [0.5, 0.6) is 0 Å². The number of carbonyl (C=O) groups is 3. The highest BCUT2D eigenvalue weighted by Crippen LogP contribution is 2.12. The summed E-state index contributed by atoms with van der Waals surface area (Å²) in [6, 6.07) is 23.4. The first-order chi connectivity index (χ1) is 15.9. The summed E-state index contributed by atoms with van der Waals surface area (Å²) < 4.78 is 0. The second-order valence-corrected chi connectivity index (χ2v) is 7.86. The van der Waals surface area contributed by atoms with Crippen LogP contribution in [0.25, 0.3) is 0 Å². The maximum atomic E-state index is 12.3. The van der Waals surface area contributed by atoms with E-state index in [1.165, 1.54) is 0 Å². The van der Waals surface area contributed by atoms with Gasteiger partial charge in [0, 0.05) is 35.1 Å². The van der Waals surface area contributed by atoms with Crippen molar-refractivity contribution in [2.75, 3.05) is 17.2 Å². The fourth-order valence-electron chi connectivity index (χ4n) is 3.09. The summed E-state index contributed by atoms with van der Waals surface area (Å²) in [6.07, 6.45) is 0. The molecule has 4 N–H and O–H groups in total. The normalized spacial score (nSPS) is 10.4. The molecule has 7 heteroatoms. The summed E-state index contributed by atoms with van der Waals surface area (Å²) in [5.41, 5.74) is 3.31. The molecule has 0 aliphatic rings. The van der Waals surface area contributed by atoms with E-state index in [-0.39, 0.29) is 30.3 Å². The SMILES string of the molecule is CC(C)NC(=O)c1cccc(NC(=O)CNc2ccc(C(=O)NCc3ccccc3)cc2)c1. The number of benzene rings is 3. The van der Waals surface area contributed by atoms with Crippen molar-refractivity contribution in [1.82, 2.24) is 10.6 Å². The highest BCUT2D eigenvalue weighted by Gasteiger charge is 2.09. The molecule has 0 bridgehead atoms. The minimum absolute atomic E-state index is 0.0290. The molecule has 170 valence electrons. The summed E-state index contributed by atoms with van der Waals surface area (Å²) in [4.78, 5) is 36.7. The van der Waals surface area contributed by atoms with E-state index in [2.05, 4.69) is 21.3 Å². The zero-order valence-electron chi connectivity index (χ0n) is 18.7. The number of anilines is 2. The molecule has 0 aromatic heterocycles. The molecule has 0 unspecified atom stereocenters. The minimum Gasteiger partial charge on any atom is -0.376 e. The predicted molar refractivity (Wildman–Crippen MR) is 130 cm³/mol. The van der Waals surface area contributed by atoms with Crippen LogP contribution in [0.15, 0.2) is 78.9 Å². The van der Waals surface area contributed by atoms with E-state index in [0.29, 0.717) is 23.4 Å². The molecule has 0 atom stereocenters. The number of carbonyl (C=O) groups excluding carboxylic acids is 3. The fourth-order valence-corrected chi connectivity index (χ4v) is 3.09. The highest BCUT2D eigenvalue weighted by atomic mass is 16.2. The number of amides is 3. The summed E-state index contributed by atoms with van der Waals surface area (Å²) in [7, 11) is 0. The lowest BCUT2D eigenvalue weighted by molar-refractivity contribution is -0.114. The Hall–Kier alpha value is -4.13. The van der Waals surface area contributed by atoms with Gasteiger partial charge in [0.2, 0.25) is 5.91 Å². The van der Waals surface area contributed by atoms with Crippen molar-refractivity contribution in [3.05, 3.63) is 95.6 Å². The molecule has 0 heterocycles. The summed E-state index contributed by atoms with van der Waals surface area (Å²) in [6.45, 7) is 4.28. The van der Waals surface area contributed by atoms with Crippen molar-refractivity contribution in [2.24, 2.45) is 0 Å². The predicted octanol–water partition coefficient (Wildman–Crippen LogP) is 3.81. The molecule has 3 aromatic carbocycles. The molecule has 0 aliphatic heterocycles. The Balaban J connectivity index is 1.47. The van der Waals surface area contributed by atoms with Gasteiger partial charge in [-0.1, -0.05) is 36.4 Å². The van der Waals surface area contributed by atoms with Crippen LogP contribution in [0.2, 0.25) is 0 Å². The molecular formula is C26H28N4O3. The highest BCUT2D eigenvalue weighted by molar-refractivity contribution is 5.98. The maximum absolute atomic E-state index is 12.3. The van der Waals surface area contributed by atoms with Gasteiger partial charge in [-0.3, -0.25) is 14.4 Å². The molecule has 0 saturated heterocycles. The second kappa shape index (κ2) is 11.5. The van der Waals surface area contributed by atoms with Crippen LogP contribution in [-0.2, 0) is 11.3 Å². The first-order valence-corrected chi connectivity index (χ1v) is 10.8. The average molecular weight is 445 g/mol. The van der Waals surface area contributed by atoms with E-state index < -0.39 is 0 Å². The number of rotatable bonds is 9.